The highest BCUT2D eigenvalue weighted by Gasteiger charge is 2.07. The summed E-state index contributed by atoms with van der Waals surface area (Å²) in [6.45, 7) is 4.71. The number of ether oxygens (including phenoxy) is 1. The first-order valence-corrected chi connectivity index (χ1v) is 4.90. The molecule has 0 amide bonds. The lowest BCUT2D eigenvalue weighted by Crippen LogP contribution is -2.35. The fourth-order valence-electron chi connectivity index (χ4n) is 1.63. The second-order valence-electron chi connectivity index (χ2n) is 3.67. The first-order chi connectivity index (χ1) is 7.10. The van der Waals surface area contributed by atoms with E-state index >= 15 is 0 Å². The predicted molar refractivity (Wildman–Crippen MR) is 63.1 cm³/mol. The Morgan fingerprint density at radius 2 is 2.00 bits per heavy atom. The van der Waals surface area contributed by atoms with E-state index in [1.165, 1.54) is 5.56 Å². The van der Waals surface area contributed by atoms with Gasteiger partial charge in [0.05, 0.1) is 13.8 Å². The summed E-state index contributed by atoms with van der Waals surface area (Å²) in [6, 6.07) is 4.14. The Hall–Kier alpha value is -1.26. The van der Waals surface area contributed by atoms with Crippen LogP contribution in [-0.2, 0) is 0 Å². The zero-order chi connectivity index (χ0) is 11.4. The summed E-state index contributed by atoms with van der Waals surface area (Å²) in [7, 11) is 3.68. The van der Waals surface area contributed by atoms with E-state index in [1.54, 1.807) is 7.11 Å². The van der Waals surface area contributed by atoms with Crippen molar-refractivity contribution in [3.05, 3.63) is 23.3 Å². The minimum atomic E-state index is 0.618. The molecule has 84 valence electrons. The Kier molecular flexibility index (Phi) is 3.94. The van der Waals surface area contributed by atoms with E-state index < -0.39 is 0 Å². The molecule has 0 saturated heterocycles. The second-order valence-corrected chi connectivity index (χ2v) is 3.67. The van der Waals surface area contributed by atoms with E-state index in [2.05, 4.69) is 23.3 Å². The molecule has 3 N–H and O–H groups in total. The van der Waals surface area contributed by atoms with Crippen molar-refractivity contribution in [2.24, 2.45) is 5.84 Å². The molecule has 0 aliphatic heterocycles. The smallest absolute Gasteiger partial charge is 0.122 e. The maximum atomic E-state index is 5.29. The van der Waals surface area contributed by atoms with Gasteiger partial charge in [0.25, 0.3) is 0 Å². The monoisotopic (exact) mass is 209 g/mol. The zero-order valence-electron chi connectivity index (χ0n) is 9.79. The number of nitrogens with zero attached hydrogens (tertiary/aromatic N) is 1. The van der Waals surface area contributed by atoms with Crippen LogP contribution in [0.2, 0.25) is 0 Å². The average Bonchev–Trinajstić information content (AvgIpc) is 2.21. The third-order valence-corrected chi connectivity index (χ3v) is 2.45. The standard InChI is InChI=1S/C11H19N3O/c1-8-6-11(15-4)9(2)5-10(8)14(3)7-13-12/h5-6,13H,7,12H2,1-4H3. The lowest BCUT2D eigenvalue weighted by Gasteiger charge is -2.22. The maximum Gasteiger partial charge on any atom is 0.122 e. The van der Waals surface area contributed by atoms with Crippen LogP contribution < -0.4 is 20.9 Å². The predicted octanol–water partition coefficient (Wildman–Crippen LogP) is 1.17. The van der Waals surface area contributed by atoms with Gasteiger partial charge in [-0.3, -0.25) is 5.84 Å². The van der Waals surface area contributed by atoms with E-state index in [-0.39, 0.29) is 0 Å². The number of hydrazine groups is 1. The molecule has 0 bridgehead atoms. The van der Waals surface area contributed by atoms with Gasteiger partial charge in [-0.05, 0) is 37.1 Å². The van der Waals surface area contributed by atoms with Gasteiger partial charge in [-0.25, -0.2) is 5.43 Å². The Morgan fingerprint density at radius 3 is 2.53 bits per heavy atom. The molecule has 0 fully saturated rings. The summed E-state index contributed by atoms with van der Waals surface area (Å²) in [4.78, 5) is 2.06. The van der Waals surface area contributed by atoms with Crippen molar-refractivity contribution in [3.8, 4) is 5.75 Å². The van der Waals surface area contributed by atoms with Gasteiger partial charge in [0.2, 0.25) is 0 Å². The first-order valence-electron chi connectivity index (χ1n) is 4.90. The van der Waals surface area contributed by atoms with Crippen LogP contribution in [0.1, 0.15) is 11.1 Å². The maximum absolute atomic E-state index is 5.29. The molecule has 0 radical (unpaired) electrons. The molecule has 0 unspecified atom stereocenters. The van der Waals surface area contributed by atoms with Crippen molar-refractivity contribution in [2.45, 2.75) is 13.8 Å². The van der Waals surface area contributed by atoms with Gasteiger partial charge >= 0.3 is 0 Å². The lowest BCUT2D eigenvalue weighted by atomic mass is 10.1. The van der Waals surface area contributed by atoms with Crippen molar-refractivity contribution in [3.63, 3.8) is 0 Å². The van der Waals surface area contributed by atoms with E-state index in [0.717, 1.165) is 17.0 Å². The Bertz CT molecular complexity index is 339. The number of anilines is 1. The summed E-state index contributed by atoms with van der Waals surface area (Å²) < 4.78 is 5.26. The molecule has 4 heteroatoms. The van der Waals surface area contributed by atoms with Gasteiger partial charge in [0.15, 0.2) is 0 Å². The van der Waals surface area contributed by atoms with E-state index in [1.807, 2.05) is 20.0 Å². The van der Waals surface area contributed by atoms with Crippen LogP contribution in [0.25, 0.3) is 0 Å². The van der Waals surface area contributed by atoms with Crippen LogP contribution in [0.4, 0.5) is 5.69 Å². The number of aryl methyl sites for hydroxylation is 2. The van der Waals surface area contributed by atoms with Gasteiger partial charge in [0.1, 0.15) is 5.75 Å². The molecule has 0 saturated carbocycles. The van der Waals surface area contributed by atoms with Crippen LogP contribution >= 0.6 is 0 Å². The van der Waals surface area contributed by atoms with Crippen molar-refractivity contribution >= 4 is 5.69 Å². The molecular formula is C11H19N3O. The molecular weight excluding hydrogens is 190 g/mol. The summed E-state index contributed by atoms with van der Waals surface area (Å²) in [5, 5.41) is 0. The second kappa shape index (κ2) is 5.00. The molecule has 0 aromatic heterocycles. The van der Waals surface area contributed by atoms with Crippen LogP contribution in [0.15, 0.2) is 12.1 Å². The number of benzene rings is 1. The van der Waals surface area contributed by atoms with Gasteiger partial charge in [-0.2, -0.15) is 0 Å². The number of hydrogen-bond donors (Lipinski definition) is 2. The highest BCUT2D eigenvalue weighted by molar-refractivity contribution is 5.58. The molecule has 0 aliphatic carbocycles. The topological polar surface area (TPSA) is 50.5 Å². The number of nitrogens with one attached hydrogen (secondary N) is 1. The Labute approximate surface area is 91.0 Å². The Balaban J connectivity index is 3.04. The molecule has 1 aromatic rings. The quantitative estimate of drug-likeness (QED) is 0.444. The van der Waals surface area contributed by atoms with Gasteiger partial charge < -0.3 is 9.64 Å². The minimum absolute atomic E-state index is 0.618. The molecule has 1 rings (SSSR count). The number of methoxy groups -OCH3 is 1. The van der Waals surface area contributed by atoms with E-state index in [9.17, 15) is 0 Å². The molecule has 15 heavy (non-hydrogen) atoms. The van der Waals surface area contributed by atoms with Crippen molar-refractivity contribution < 1.29 is 4.74 Å². The lowest BCUT2D eigenvalue weighted by molar-refractivity contribution is 0.411. The molecule has 0 heterocycles. The van der Waals surface area contributed by atoms with Crippen LogP contribution in [0, 0.1) is 13.8 Å². The first kappa shape index (κ1) is 11.8. The van der Waals surface area contributed by atoms with Gasteiger partial charge in [-0.1, -0.05) is 0 Å². The summed E-state index contributed by atoms with van der Waals surface area (Å²) in [5.74, 6) is 6.22. The van der Waals surface area contributed by atoms with E-state index in [4.69, 9.17) is 10.6 Å². The minimum Gasteiger partial charge on any atom is -0.496 e. The summed E-state index contributed by atoms with van der Waals surface area (Å²) >= 11 is 0. The van der Waals surface area contributed by atoms with Crippen molar-refractivity contribution in [1.29, 1.82) is 0 Å². The molecule has 0 spiro atoms. The van der Waals surface area contributed by atoms with Gasteiger partial charge in [0, 0.05) is 12.7 Å². The third kappa shape index (κ3) is 2.61. The molecule has 0 atom stereocenters. The van der Waals surface area contributed by atoms with Crippen LogP contribution in [-0.4, -0.2) is 20.8 Å². The highest BCUT2D eigenvalue weighted by atomic mass is 16.5. The molecule has 4 nitrogen and oxygen atoms in total. The van der Waals surface area contributed by atoms with Crippen LogP contribution in [0.3, 0.4) is 0 Å². The molecule has 0 aliphatic rings. The fraction of sp³-hybridized carbons (Fsp3) is 0.455. The summed E-state index contributed by atoms with van der Waals surface area (Å²) in [6.07, 6.45) is 0. The highest BCUT2D eigenvalue weighted by Crippen LogP contribution is 2.27. The number of rotatable bonds is 4. The Morgan fingerprint density at radius 1 is 1.33 bits per heavy atom. The molecule has 1 aromatic carbocycles. The SMILES string of the molecule is COc1cc(C)c(N(C)CNN)cc1C. The third-order valence-electron chi connectivity index (χ3n) is 2.45. The zero-order valence-corrected chi connectivity index (χ0v) is 9.79. The van der Waals surface area contributed by atoms with Gasteiger partial charge in [-0.15, -0.1) is 0 Å². The fourth-order valence-corrected chi connectivity index (χ4v) is 1.63. The van der Waals surface area contributed by atoms with E-state index in [0.29, 0.717) is 6.67 Å². The normalized spacial score (nSPS) is 10.2. The number of hydrogen-bond acceptors (Lipinski definition) is 4. The number of nitrogens with two attached hydrogens (primary N) is 1. The summed E-state index contributed by atoms with van der Waals surface area (Å²) in [5.41, 5.74) is 6.10. The van der Waals surface area contributed by atoms with Crippen molar-refractivity contribution in [2.75, 3.05) is 25.7 Å². The van der Waals surface area contributed by atoms with Crippen LogP contribution in [0.5, 0.6) is 5.75 Å². The largest absolute Gasteiger partial charge is 0.496 e. The van der Waals surface area contributed by atoms with Crippen molar-refractivity contribution in [1.82, 2.24) is 5.43 Å². The average molecular weight is 209 g/mol.